The van der Waals surface area contributed by atoms with E-state index < -0.39 is 8.07 Å². The van der Waals surface area contributed by atoms with Gasteiger partial charge in [0.25, 0.3) is 0 Å². The monoisotopic (exact) mass is 256 g/mol. The summed E-state index contributed by atoms with van der Waals surface area (Å²) in [4.78, 5) is 0. The van der Waals surface area contributed by atoms with Crippen molar-refractivity contribution in [3.05, 3.63) is 53.3 Å². The summed E-state index contributed by atoms with van der Waals surface area (Å²) in [7, 11) is -1.50. The molecule has 18 heavy (non-hydrogen) atoms. The van der Waals surface area contributed by atoms with Crippen LogP contribution in [0.3, 0.4) is 0 Å². The molecule has 1 aromatic carbocycles. The quantitative estimate of drug-likeness (QED) is 0.699. The molecule has 1 aliphatic rings. The van der Waals surface area contributed by atoms with Crippen LogP contribution >= 0.6 is 0 Å². The Morgan fingerprint density at radius 2 is 1.78 bits per heavy atom. The molecule has 0 radical (unpaired) electrons. The Bertz CT molecular complexity index is 468. The number of rotatable bonds is 4. The maximum Gasteiger partial charge on any atom is 0.114 e. The average molecular weight is 256 g/mol. The maximum atomic E-state index is 2.52. The first-order valence-corrected chi connectivity index (χ1v) is 9.77. The molecule has 0 spiro atoms. The molecule has 0 nitrogen and oxygen atoms in total. The lowest BCUT2D eigenvalue weighted by Gasteiger charge is -2.31. The molecule has 0 bridgehead atoms. The minimum absolute atomic E-state index is 0.654. The molecule has 0 aromatic heterocycles. The summed E-state index contributed by atoms with van der Waals surface area (Å²) in [6, 6.07) is 12.4. The van der Waals surface area contributed by atoms with E-state index in [9.17, 15) is 0 Å². The zero-order valence-electron chi connectivity index (χ0n) is 12.0. The summed E-state index contributed by atoms with van der Waals surface area (Å²) < 4.78 is 0. The Hall–Kier alpha value is -1.08. The lowest BCUT2D eigenvalue weighted by Crippen LogP contribution is -2.46. The van der Waals surface area contributed by atoms with E-state index in [0.717, 1.165) is 6.42 Å². The first-order valence-electron chi connectivity index (χ1n) is 7.06. The molecule has 0 saturated heterocycles. The fourth-order valence-electron chi connectivity index (χ4n) is 2.98. The van der Waals surface area contributed by atoms with Crippen LogP contribution < -0.4 is 5.19 Å². The molecule has 0 saturated carbocycles. The summed E-state index contributed by atoms with van der Waals surface area (Å²) in [5, 5.41) is 3.26. The molecule has 1 heteroatoms. The average Bonchev–Trinajstić information content (AvgIpc) is 2.89. The van der Waals surface area contributed by atoms with Crippen molar-refractivity contribution >= 4 is 13.3 Å². The van der Waals surface area contributed by atoms with E-state index in [4.69, 9.17) is 0 Å². The second-order valence-electron chi connectivity index (χ2n) is 5.72. The van der Waals surface area contributed by atoms with Crippen LogP contribution in [0.25, 0.3) is 0 Å². The third kappa shape index (κ3) is 2.24. The fraction of sp³-hybridized carbons (Fsp3) is 0.412. The smallest absolute Gasteiger partial charge is 0.0808 e. The van der Waals surface area contributed by atoms with Crippen molar-refractivity contribution in [2.45, 2.75) is 39.8 Å². The topological polar surface area (TPSA) is 0 Å². The molecule has 1 atom stereocenters. The lowest BCUT2D eigenvalue weighted by molar-refractivity contribution is 0.787. The third-order valence-corrected chi connectivity index (χ3v) is 9.01. The van der Waals surface area contributed by atoms with E-state index >= 15 is 0 Å². The Morgan fingerprint density at radius 1 is 1.11 bits per heavy atom. The fourth-order valence-corrected chi connectivity index (χ4v) is 6.60. The highest BCUT2D eigenvalue weighted by Gasteiger charge is 2.35. The highest BCUT2D eigenvalue weighted by molar-refractivity contribution is 6.97. The molecule has 1 aliphatic carbocycles. The largest absolute Gasteiger partial charge is 0.114 e. The Balaban J connectivity index is 2.44. The van der Waals surface area contributed by atoms with Crippen molar-refractivity contribution in [1.29, 1.82) is 0 Å². The highest BCUT2D eigenvalue weighted by Crippen LogP contribution is 2.34. The predicted octanol–water partition coefficient (Wildman–Crippen LogP) is 4.44. The molecule has 0 N–H and O–H groups in total. The molecule has 96 valence electrons. The van der Waals surface area contributed by atoms with Gasteiger partial charge in [0.15, 0.2) is 0 Å². The van der Waals surface area contributed by atoms with E-state index in [2.05, 4.69) is 69.8 Å². The van der Waals surface area contributed by atoms with Crippen LogP contribution in [0.1, 0.15) is 27.2 Å². The van der Waals surface area contributed by atoms with Crippen LogP contribution in [0.15, 0.2) is 53.3 Å². The molecule has 1 aromatic rings. The predicted molar refractivity (Wildman–Crippen MR) is 83.8 cm³/mol. The van der Waals surface area contributed by atoms with Crippen LogP contribution in [0.5, 0.6) is 0 Å². The molecule has 0 fully saturated rings. The lowest BCUT2D eigenvalue weighted by atomic mass is 10.1. The molecule has 0 amide bonds. The Morgan fingerprint density at radius 3 is 2.33 bits per heavy atom. The zero-order valence-corrected chi connectivity index (χ0v) is 13.0. The summed E-state index contributed by atoms with van der Waals surface area (Å²) in [5.74, 6) is 0.654. The van der Waals surface area contributed by atoms with Crippen molar-refractivity contribution in [2.75, 3.05) is 0 Å². The van der Waals surface area contributed by atoms with Crippen molar-refractivity contribution in [3.8, 4) is 0 Å². The number of allylic oxidation sites excluding steroid dienone is 4. The maximum absolute atomic E-state index is 2.52. The number of hydrogen-bond donors (Lipinski definition) is 0. The summed E-state index contributed by atoms with van der Waals surface area (Å²) >= 11 is 0. The minimum Gasteiger partial charge on any atom is -0.0808 e. The first-order chi connectivity index (χ1) is 8.59. The minimum atomic E-state index is -1.50. The van der Waals surface area contributed by atoms with E-state index in [1.54, 1.807) is 16.0 Å². The van der Waals surface area contributed by atoms with Crippen molar-refractivity contribution in [3.63, 3.8) is 0 Å². The van der Waals surface area contributed by atoms with Crippen LogP contribution in [0.2, 0.25) is 12.6 Å². The van der Waals surface area contributed by atoms with Gasteiger partial charge in [-0.25, -0.2) is 0 Å². The molecular formula is C17H24Si. The molecule has 2 rings (SSSR count). The van der Waals surface area contributed by atoms with Crippen LogP contribution in [0.4, 0.5) is 0 Å². The highest BCUT2D eigenvalue weighted by atomic mass is 28.3. The van der Waals surface area contributed by atoms with E-state index in [0.29, 0.717) is 5.92 Å². The van der Waals surface area contributed by atoms with Crippen LogP contribution in [-0.4, -0.2) is 8.07 Å². The second-order valence-corrected chi connectivity index (χ2v) is 10.2. The van der Waals surface area contributed by atoms with Crippen molar-refractivity contribution in [1.82, 2.24) is 0 Å². The summed E-state index contributed by atoms with van der Waals surface area (Å²) in [6.45, 7) is 9.52. The van der Waals surface area contributed by atoms with E-state index in [1.807, 2.05) is 0 Å². The van der Waals surface area contributed by atoms with Gasteiger partial charge in [0, 0.05) is 0 Å². The normalized spacial score (nSPS) is 18.5. The van der Waals surface area contributed by atoms with Crippen molar-refractivity contribution in [2.24, 2.45) is 5.92 Å². The molecular weight excluding hydrogens is 232 g/mol. The second kappa shape index (κ2) is 5.27. The van der Waals surface area contributed by atoms with Crippen LogP contribution in [-0.2, 0) is 0 Å². The molecule has 0 heterocycles. The molecule has 1 unspecified atom stereocenters. The van der Waals surface area contributed by atoms with Gasteiger partial charge in [0.1, 0.15) is 8.07 Å². The van der Waals surface area contributed by atoms with Crippen molar-refractivity contribution < 1.29 is 0 Å². The Labute approximate surface area is 112 Å². The first kappa shape index (κ1) is 13.4. The van der Waals surface area contributed by atoms with Gasteiger partial charge < -0.3 is 0 Å². The summed E-state index contributed by atoms with van der Waals surface area (Å²) in [5.41, 5.74) is 1.61. The van der Waals surface area contributed by atoms with Gasteiger partial charge in [-0.2, -0.15) is 0 Å². The standard InChI is InChI=1S/C17H24Si/c1-5-18(4,15-10-7-6-8-11-15)17-13-9-12-16(17)14(2)3/h6-8,10-14H,5,9H2,1-4H3. The van der Waals surface area contributed by atoms with Gasteiger partial charge in [0.05, 0.1) is 0 Å². The van der Waals surface area contributed by atoms with Gasteiger partial charge in [-0.15, -0.1) is 0 Å². The molecule has 0 aliphatic heterocycles. The van der Waals surface area contributed by atoms with Gasteiger partial charge in [-0.05, 0) is 17.9 Å². The Kier molecular flexibility index (Phi) is 3.91. The van der Waals surface area contributed by atoms with Gasteiger partial charge in [0.2, 0.25) is 0 Å². The third-order valence-electron chi connectivity index (χ3n) is 4.31. The van der Waals surface area contributed by atoms with Gasteiger partial charge in [-0.3, -0.25) is 0 Å². The van der Waals surface area contributed by atoms with E-state index in [1.165, 1.54) is 6.04 Å². The summed E-state index contributed by atoms with van der Waals surface area (Å²) in [6.07, 6.45) is 6.06. The van der Waals surface area contributed by atoms with Gasteiger partial charge in [-0.1, -0.05) is 86.2 Å². The zero-order chi connectivity index (χ0) is 13.2. The van der Waals surface area contributed by atoms with E-state index in [-0.39, 0.29) is 0 Å². The number of hydrogen-bond acceptors (Lipinski definition) is 0. The van der Waals surface area contributed by atoms with Crippen LogP contribution in [0, 0.1) is 5.92 Å². The van der Waals surface area contributed by atoms with Gasteiger partial charge >= 0.3 is 0 Å². The number of benzene rings is 1. The SMILES string of the molecule is CC[Si](C)(C1=CCC=C1C(C)C)c1ccccc1.